The average molecular weight is 314 g/mol. The van der Waals surface area contributed by atoms with Gasteiger partial charge in [-0.25, -0.2) is 13.6 Å². The van der Waals surface area contributed by atoms with Crippen molar-refractivity contribution in [2.45, 2.75) is 18.6 Å². The largest absolute Gasteiger partial charge is 0.387 e. The van der Waals surface area contributed by atoms with Crippen LogP contribution < -0.4 is 5.32 Å². The maximum absolute atomic E-state index is 13.2. The molecule has 1 saturated heterocycles. The van der Waals surface area contributed by atoms with E-state index in [2.05, 4.69) is 5.32 Å². The van der Waals surface area contributed by atoms with Gasteiger partial charge in [-0.15, -0.1) is 0 Å². The van der Waals surface area contributed by atoms with E-state index in [0.717, 1.165) is 17.0 Å². The van der Waals surface area contributed by atoms with Crippen molar-refractivity contribution >= 4 is 11.9 Å². The summed E-state index contributed by atoms with van der Waals surface area (Å²) in [5.74, 6) is -2.71. The van der Waals surface area contributed by atoms with Gasteiger partial charge in [0.15, 0.2) is 11.6 Å². The zero-order valence-corrected chi connectivity index (χ0v) is 12.1. The third kappa shape index (κ3) is 2.93. The van der Waals surface area contributed by atoms with Crippen LogP contribution in [0.25, 0.3) is 0 Å². The van der Waals surface area contributed by atoms with Crippen molar-refractivity contribution in [2.75, 3.05) is 20.3 Å². The number of halogens is 2. The molecule has 1 aliphatic heterocycles. The minimum Gasteiger partial charge on any atom is -0.387 e. The van der Waals surface area contributed by atoms with Crippen LogP contribution in [-0.4, -0.2) is 47.7 Å². The predicted molar refractivity (Wildman–Crippen MR) is 71.8 cm³/mol. The van der Waals surface area contributed by atoms with Crippen LogP contribution in [0.3, 0.4) is 0 Å². The number of urea groups is 1. The summed E-state index contributed by atoms with van der Waals surface area (Å²) in [6, 6.07) is 2.21. The first-order valence-corrected chi connectivity index (χ1v) is 6.54. The van der Waals surface area contributed by atoms with Gasteiger partial charge < -0.3 is 15.2 Å². The first-order chi connectivity index (χ1) is 10.3. The van der Waals surface area contributed by atoms with E-state index >= 15 is 0 Å². The summed E-state index contributed by atoms with van der Waals surface area (Å²) >= 11 is 0. The lowest BCUT2D eigenvalue weighted by molar-refractivity contribution is -0.133. The molecule has 120 valence electrons. The maximum Gasteiger partial charge on any atom is 0.325 e. The number of carbonyl (C=O) groups is 2. The summed E-state index contributed by atoms with van der Waals surface area (Å²) in [4.78, 5) is 24.9. The summed E-state index contributed by atoms with van der Waals surface area (Å²) in [6.45, 7) is 1.12. The second-order valence-electron chi connectivity index (χ2n) is 5.30. The lowest BCUT2D eigenvalue weighted by atomic mass is 10.0. The standard InChI is InChI=1S/C14H16F2N2O4/c1-14(7-22-2)12(20)18(13(21)17-14)6-11(19)8-3-4-9(15)10(16)5-8/h3-5,11,19H,6-7H2,1-2H3,(H,17,21)/t11-,14-/m1/s1. The molecule has 0 radical (unpaired) electrons. The number of benzene rings is 1. The van der Waals surface area contributed by atoms with Gasteiger partial charge in [-0.3, -0.25) is 9.69 Å². The van der Waals surface area contributed by atoms with Crippen molar-refractivity contribution in [2.24, 2.45) is 0 Å². The Kier molecular flexibility index (Phi) is 4.43. The number of carbonyl (C=O) groups excluding carboxylic acids is 2. The van der Waals surface area contributed by atoms with Gasteiger partial charge in [0.25, 0.3) is 5.91 Å². The lowest BCUT2D eigenvalue weighted by Gasteiger charge is -2.21. The van der Waals surface area contributed by atoms with Crippen LogP contribution in [0.1, 0.15) is 18.6 Å². The monoisotopic (exact) mass is 314 g/mol. The molecule has 0 bridgehead atoms. The Bertz CT molecular complexity index is 611. The number of nitrogens with one attached hydrogen (secondary N) is 1. The summed E-state index contributed by atoms with van der Waals surface area (Å²) < 4.78 is 30.9. The van der Waals surface area contributed by atoms with Crippen molar-refractivity contribution in [1.29, 1.82) is 0 Å². The van der Waals surface area contributed by atoms with Gasteiger partial charge in [0.1, 0.15) is 5.54 Å². The molecule has 3 amide bonds. The summed E-state index contributed by atoms with van der Waals surface area (Å²) in [7, 11) is 1.39. The highest BCUT2D eigenvalue weighted by atomic mass is 19.2. The molecule has 8 heteroatoms. The molecule has 0 unspecified atom stereocenters. The van der Waals surface area contributed by atoms with Crippen molar-refractivity contribution in [3.05, 3.63) is 35.4 Å². The van der Waals surface area contributed by atoms with E-state index in [-0.39, 0.29) is 18.7 Å². The number of β-amino-alcohol motifs (C(OH)–C–C–N with tert-alkyl or cyclic N) is 1. The van der Waals surface area contributed by atoms with E-state index in [1.807, 2.05) is 0 Å². The number of aliphatic hydroxyl groups excluding tert-OH is 1. The first kappa shape index (κ1) is 16.3. The minimum absolute atomic E-state index is 0.0185. The van der Waals surface area contributed by atoms with Crippen molar-refractivity contribution < 1.29 is 28.2 Å². The molecule has 22 heavy (non-hydrogen) atoms. The second-order valence-corrected chi connectivity index (χ2v) is 5.30. The van der Waals surface area contributed by atoms with E-state index in [1.54, 1.807) is 0 Å². The van der Waals surface area contributed by atoms with E-state index in [4.69, 9.17) is 4.74 Å². The zero-order valence-electron chi connectivity index (χ0n) is 12.1. The fourth-order valence-electron chi connectivity index (χ4n) is 2.30. The topological polar surface area (TPSA) is 78.9 Å². The van der Waals surface area contributed by atoms with Gasteiger partial charge in [-0.1, -0.05) is 6.07 Å². The fraction of sp³-hybridized carbons (Fsp3) is 0.429. The molecular weight excluding hydrogens is 298 g/mol. The number of hydrogen-bond donors (Lipinski definition) is 2. The molecule has 0 saturated carbocycles. The highest BCUT2D eigenvalue weighted by Crippen LogP contribution is 2.23. The number of aliphatic hydroxyl groups is 1. The van der Waals surface area contributed by atoms with Crippen LogP contribution >= 0.6 is 0 Å². The Morgan fingerprint density at radius 1 is 1.36 bits per heavy atom. The number of amides is 3. The molecule has 2 atom stereocenters. The van der Waals surface area contributed by atoms with Crippen molar-refractivity contribution in [1.82, 2.24) is 10.2 Å². The number of imide groups is 1. The maximum atomic E-state index is 13.2. The smallest absolute Gasteiger partial charge is 0.325 e. The number of ether oxygens (including phenoxy) is 1. The number of hydrogen-bond acceptors (Lipinski definition) is 4. The van der Waals surface area contributed by atoms with Gasteiger partial charge in [0, 0.05) is 7.11 Å². The Hall–Kier alpha value is -2.06. The van der Waals surface area contributed by atoms with Gasteiger partial charge >= 0.3 is 6.03 Å². The zero-order chi connectivity index (χ0) is 16.5. The number of rotatable bonds is 5. The molecule has 2 rings (SSSR count). The van der Waals surface area contributed by atoms with Crippen LogP contribution in [0, 0.1) is 11.6 Å². The summed E-state index contributed by atoms with van der Waals surface area (Å²) in [5, 5.41) is 12.5. The highest BCUT2D eigenvalue weighted by Gasteiger charge is 2.48. The van der Waals surface area contributed by atoms with Crippen LogP contribution in [0.4, 0.5) is 13.6 Å². The van der Waals surface area contributed by atoms with E-state index in [9.17, 15) is 23.5 Å². The SMILES string of the molecule is COC[C@@]1(C)NC(=O)N(C[C@@H](O)c2ccc(F)c(F)c2)C1=O. The van der Waals surface area contributed by atoms with Crippen molar-refractivity contribution in [3.8, 4) is 0 Å². The second kappa shape index (κ2) is 5.98. The Balaban J connectivity index is 2.14. The Labute approximate surface area is 125 Å². The normalized spacial score (nSPS) is 22.9. The van der Waals surface area contributed by atoms with Gasteiger partial charge in [0.05, 0.1) is 19.3 Å². The van der Waals surface area contributed by atoms with Crippen LogP contribution in [0.15, 0.2) is 18.2 Å². The molecule has 1 fully saturated rings. The molecule has 0 aromatic heterocycles. The first-order valence-electron chi connectivity index (χ1n) is 6.54. The predicted octanol–water partition coefficient (Wildman–Crippen LogP) is 0.955. The summed E-state index contributed by atoms with van der Waals surface area (Å²) in [5.41, 5.74) is -1.14. The third-order valence-electron chi connectivity index (χ3n) is 3.46. The molecular formula is C14H16F2N2O4. The molecule has 2 N–H and O–H groups in total. The molecule has 1 aliphatic rings. The van der Waals surface area contributed by atoms with Crippen molar-refractivity contribution in [3.63, 3.8) is 0 Å². The van der Waals surface area contributed by atoms with E-state index in [1.165, 1.54) is 20.1 Å². The lowest BCUT2D eigenvalue weighted by Crippen LogP contribution is -2.48. The summed E-state index contributed by atoms with van der Waals surface area (Å²) in [6.07, 6.45) is -1.32. The Morgan fingerprint density at radius 3 is 2.64 bits per heavy atom. The Morgan fingerprint density at radius 2 is 2.05 bits per heavy atom. The molecule has 1 aromatic carbocycles. The quantitative estimate of drug-likeness (QED) is 0.793. The molecule has 6 nitrogen and oxygen atoms in total. The number of nitrogens with zero attached hydrogens (tertiary/aromatic N) is 1. The van der Waals surface area contributed by atoms with E-state index < -0.39 is 35.2 Å². The molecule has 1 heterocycles. The van der Waals surface area contributed by atoms with Crippen LogP contribution in [0.2, 0.25) is 0 Å². The van der Waals surface area contributed by atoms with Crippen LogP contribution in [-0.2, 0) is 9.53 Å². The molecule has 0 spiro atoms. The van der Waals surface area contributed by atoms with Gasteiger partial charge in [-0.05, 0) is 24.6 Å². The van der Waals surface area contributed by atoms with Gasteiger partial charge in [0.2, 0.25) is 0 Å². The highest BCUT2D eigenvalue weighted by molar-refractivity contribution is 6.06. The minimum atomic E-state index is -1.32. The van der Waals surface area contributed by atoms with Gasteiger partial charge in [-0.2, -0.15) is 0 Å². The third-order valence-corrected chi connectivity index (χ3v) is 3.46. The fourth-order valence-corrected chi connectivity index (χ4v) is 2.30. The number of methoxy groups -OCH3 is 1. The average Bonchev–Trinajstić information content (AvgIpc) is 2.65. The van der Waals surface area contributed by atoms with Crippen LogP contribution in [0.5, 0.6) is 0 Å². The molecule has 0 aliphatic carbocycles. The molecule has 1 aromatic rings. The van der Waals surface area contributed by atoms with E-state index in [0.29, 0.717) is 0 Å².